The van der Waals surface area contributed by atoms with E-state index in [4.69, 9.17) is 4.74 Å². The van der Waals surface area contributed by atoms with Gasteiger partial charge in [-0.1, -0.05) is 0 Å². The van der Waals surface area contributed by atoms with Crippen LogP contribution in [-0.4, -0.2) is 32.1 Å². The van der Waals surface area contributed by atoms with Crippen molar-refractivity contribution in [2.24, 2.45) is 0 Å². The summed E-state index contributed by atoms with van der Waals surface area (Å²) in [7, 11) is -2.86. The second-order valence-corrected chi connectivity index (χ2v) is 5.44. The SMILES string of the molecule is CC(C)S(=O)(=O)C[C@H]1CO1. The van der Waals surface area contributed by atoms with E-state index < -0.39 is 9.84 Å². The van der Waals surface area contributed by atoms with E-state index in [1.54, 1.807) is 13.8 Å². The van der Waals surface area contributed by atoms with Gasteiger partial charge < -0.3 is 4.74 Å². The van der Waals surface area contributed by atoms with Crippen molar-refractivity contribution in [1.82, 2.24) is 0 Å². The van der Waals surface area contributed by atoms with Crippen LogP contribution in [-0.2, 0) is 14.6 Å². The van der Waals surface area contributed by atoms with Crippen LogP contribution in [0.15, 0.2) is 0 Å². The average molecular weight is 164 g/mol. The van der Waals surface area contributed by atoms with Gasteiger partial charge in [0.1, 0.15) is 0 Å². The Morgan fingerprint density at radius 1 is 1.60 bits per heavy atom. The molecule has 0 spiro atoms. The first-order chi connectivity index (χ1) is 4.52. The lowest BCUT2D eigenvalue weighted by Gasteiger charge is -2.03. The van der Waals surface area contributed by atoms with Crippen LogP contribution < -0.4 is 0 Å². The minimum Gasteiger partial charge on any atom is -0.372 e. The van der Waals surface area contributed by atoms with Crippen molar-refractivity contribution >= 4 is 9.84 Å². The molecule has 0 aromatic heterocycles. The third-order valence-corrected chi connectivity index (χ3v) is 3.81. The molecular weight excluding hydrogens is 152 g/mol. The zero-order valence-electron chi connectivity index (χ0n) is 6.20. The van der Waals surface area contributed by atoms with Crippen molar-refractivity contribution in [2.45, 2.75) is 25.2 Å². The van der Waals surface area contributed by atoms with Gasteiger partial charge in [-0.05, 0) is 13.8 Å². The highest BCUT2D eigenvalue weighted by Gasteiger charge is 2.30. The van der Waals surface area contributed by atoms with Crippen molar-refractivity contribution in [3.05, 3.63) is 0 Å². The lowest BCUT2D eigenvalue weighted by Crippen LogP contribution is -2.20. The largest absolute Gasteiger partial charge is 0.372 e. The summed E-state index contributed by atoms with van der Waals surface area (Å²) in [6.45, 7) is 4.00. The smallest absolute Gasteiger partial charge is 0.155 e. The second-order valence-electron chi connectivity index (χ2n) is 2.83. The molecule has 0 bridgehead atoms. The quantitative estimate of drug-likeness (QED) is 0.560. The van der Waals surface area contributed by atoms with Crippen molar-refractivity contribution in [3.8, 4) is 0 Å². The molecule has 0 unspecified atom stereocenters. The summed E-state index contributed by atoms with van der Waals surface area (Å²) in [6.07, 6.45) is -0.00704. The molecule has 1 atom stereocenters. The Morgan fingerprint density at radius 2 is 2.10 bits per heavy atom. The Bertz CT molecular complexity index is 201. The van der Waals surface area contributed by atoms with Gasteiger partial charge in [0.25, 0.3) is 0 Å². The van der Waals surface area contributed by atoms with Crippen LogP contribution in [0.2, 0.25) is 0 Å². The van der Waals surface area contributed by atoms with E-state index >= 15 is 0 Å². The fourth-order valence-electron chi connectivity index (χ4n) is 0.616. The van der Waals surface area contributed by atoms with E-state index in [0.717, 1.165) is 0 Å². The molecule has 0 saturated carbocycles. The molecule has 1 saturated heterocycles. The number of ether oxygens (including phenoxy) is 1. The maximum absolute atomic E-state index is 11.1. The number of rotatable bonds is 3. The Kier molecular flexibility index (Phi) is 2.01. The molecule has 0 aliphatic carbocycles. The molecule has 0 N–H and O–H groups in total. The van der Waals surface area contributed by atoms with Gasteiger partial charge in [0.05, 0.1) is 23.7 Å². The Hall–Kier alpha value is -0.0900. The first-order valence-corrected chi connectivity index (χ1v) is 5.07. The standard InChI is InChI=1S/C6H12O3S/c1-5(2)10(7,8)4-6-3-9-6/h5-6H,3-4H2,1-2H3/t6-/m1/s1. The van der Waals surface area contributed by atoms with E-state index in [2.05, 4.69) is 0 Å². The third kappa shape index (κ3) is 1.95. The minimum absolute atomic E-state index is 0.00704. The van der Waals surface area contributed by atoms with Crippen LogP contribution in [0.5, 0.6) is 0 Å². The summed E-state index contributed by atoms with van der Waals surface area (Å²) in [5, 5.41) is -0.267. The van der Waals surface area contributed by atoms with E-state index in [9.17, 15) is 8.42 Å². The molecule has 10 heavy (non-hydrogen) atoms. The van der Waals surface area contributed by atoms with Crippen LogP contribution in [0.1, 0.15) is 13.8 Å². The Morgan fingerprint density at radius 3 is 2.40 bits per heavy atom. The molecular formula is C6H12O3S. The van der Waals surface area contributed by atoms with E-state index in [1.807, 2.05) is 0 Å². The van der Waals surface area contributed by atoms with Crippen molar-refractivity contribution in [3.63, 3.8) is 0 Å². The first-order valence-electron chi connectivity index (χ1n) is 3.35. The summed E-state index contributed by atoms with van der Waals surface area (Å²) in [5.74, 6) is 0.199. The molecule has 1 aliphatic heterocycles. The minimum atomic E-state index is -2.86. The van der Waals surface area contributed by atoms with Gasteiger partial charge in [-0.15, -0.1) is 0 Å². The topological polar surface area (TPSA) is 46.7 Å². The molecule has 3 nitrogen and oxygen atoms in total. The summed E-state index contributed by atoms with van der Waals surface area (Å²) < 4.78 is 27.0. The van der Waals surface area contributed by atoms with Gasteiger partial charge in [-0.3, -0.25) is 0 Å². The number of hydrogen-bond acceptors (Lipinski definition) is 3. The van der Waals surface area contributed by atoms with Crippen LogP contribution in [0, 0.1) is 0 Å². The van der Waals surface area contributed by atoms with E-state index in [0.29, 0.717) is 6.61 Å². The number of sulfone groups is 1. The molecule has 0 radical (unpaired) electrons. The molecule has 0 aromatic carbocycles. The molecule has 1 heterocycles. The normalized spacial score (nSPS) is 25.3. The van der Waals surface area contributed by atoms with Gasteiger partial charge in [0, 0.05) is 0 Å². The average Bonchev–Trinajstić information content (AvgIpc) is 2.48. The zero-order chi connectivity index (χ0) is 7.78. The number of epoxide rings is 1. The summed E-state index contributed by atoms with van der Waals surface area (Å²) in [4.78, 5) is 0. The van der Waals surface area contributed by atoms with Crippen LogP contribution in [0.25, 0.3) is 0 Å². The van der Waals surface area contributed by atoms with Crippen molar-refractivity contribution in [2.75, 3.05) is 12.4 Å². The van der Waals surface area contributed by atoms with Gasteiger partial charge in [0.15, 0.2) is 9.84 Å². The fraction of sp³-hybridized carbons (Fsp3) is 1.00. The lowest BCUT2D eigenvalue weighted by molar-refractivity contribution is 0.422. The summed E-state index contributed by atoms with van der Waals surface area (Å²) in [5.41, 5.74) is 0. The predicted octanol–water partition coefficient (Wildman–Crippen LogP) is 0.208. The molecule has 4 heteroatoms. The van der Waals surface area contributed by atoms with Crippen LogP contribution in [0.3, 0.4) is 0 Å². The highest BCUT2D eigenvalue weighted by Crippen LogP contribution is 2.14. The van der Waals surface area contributed by atoms with Crippen LogP contribution in [0.4, 0.5) is 0 Å². The monoisotopic (exact) mass is 164 g/mol. The van der Waals surface area contributed by atoms with Crippen molar-refractivity contribution < 1.29 is 13.2 Å². The molecule has 1 rings (SSSR count). The molecule has 60 valence electrons. The predicted molar refractivity (Wildman–Crippen MR) is 38.7 cm³/mol. The van der Waals surface area contributed by atoms with Crippen LogP contribution >= 0.6 is 0 Å². The summed E-state index contributed by atoms with van der Waals surface area (Å²) >= 11 is 0. The zero-order valence-corrected chi connectivity index (χ0v) is 7.02. The molecule has 0 aromatic rings. The lowest BCUT2D eigenvalue weighted by atomic mass is 10.6. The third-order valence-electron chi connectivity index (χ3n) is 1.54. The fourth-order valence-corrected chi connectivity index (χ4v) is 1.71. The first kappa shape index (κ1) is 8.01. The summed E-state index contributed by atoms with van der Waals surface area (Å²) in [6, 6.07) is 0. The maximum Gasteiger partial charge on any atom is 0.155 e. The molecule has 1 aliphatic rings. The second kappa shape index (κ2) is 2.51. The Balaban J connectivity index is 2.50. The number of hydrogen-bond donors (Lipinski definition) is 0. The Labute approximate surface area is 61.3 Å². The van der Waals surface area contributed by atoms with Gasteiger partial charge in [0.2, 0.25) is 0 Å². The molecule has 1 fully saturated rings. The molecule has 0 amide bonds. The van der Waals surface area contributed by atoms with Gasteiger partial charge in [-0.2, -0.15) is 0 Å². The maximum atomic E-state index is 11.1. The highest BCUT2D eigenvalue weighted by molar-refractivity contribution is 7.92. The van der Waals surface area contributed by atoms with Gasteiger partial charge >= 0.3 is 0 Å². The van der Waals surface area contributed by atoms with E-state index in [1.165, 1.54) is 0 Å². The van der Waals surface area contributed by atoms with E-state index in [-0.39, 0.29) is 17.1 Å². The highest BCUT2D eigenvalue weighted by atomic mass is 32.2. The van der Waals surface area contributed by atoms with Gasteiger partial charge in [-0.25, -0.2) is 8.42 Å². The van der Waals surface area contributed by atoms with Crippen molar-refractivity contribution in [1.29, 1.82) is 0 Å².